The molecule has 0 spiro atoms. The molecule has 106 valence electrons. The van der Waals surface area contributed by atoms with E-state index in [1.54, 1.807) is 18.2 Å². The molecule has 2 aliphatic rings. The third-order valence-corrected chi connectivity index (χ3v) is 4.21. The van der Waals surface area contributed by atoms with Gasteiger partial charge in [0.2, 0.25) is 0 Å². The molecule has 1 aliphatic heterocycles. The Balaban J connectivity index is 1.83. The average Bonchev–Trinajstić information content (AvgIpc) is 2.93. The molecule has 20 heavy (non-hydrogen) atoms. The van der Waals surface area contributed by atoms with Crippen molar-refractivity contribution in [2.24, 2.45) is 5.92 Å². The highest BCUT2D eigenvalue weighted by Gasteiger charge is 2.44. The molecule has 5 heteroatoms. The predicted octanol–water partition coefficient (Wildman–Crippen LogP) is 2.17. The third kappa shape index (κ3) is 2.13. The molecule has 3 atom stereocenters. The minimum Gasteiger partial charge on any atom is -0.508 e. The van der Waals surface area contributed by atoms with Gasteiger partial charge in [-0.15, -0.1) is 0 Å². The van der Waals surface area contributed by atoms with Crippen molar-refractivity contribution in [2.75, 3.05) is 0 Å². The number of urea groups is 1. The number of benzene rings is 1. The van der Waals surface area contributed by atoms with E-state index in [1.165, 1.54) is 11.0 Å². The topological polar surface area (TPSA) is 69.6 Å². The van der Waals surface area contributed by atoms with Crippen molar-refractivity contribution in [3.63, 3.8) is 0 Å². The van der Waals surface area contributed by atoms with Gasteiger partial charge in [0.1, 0.15) is 11.8 Å². The summed E-state index contributed by atoms with van der Waals surface area (Å²) in [7, 11) is 0. The Hall–Kier alpha value is -2.04. The molecule has 0 radical (unpaired) electrons. The summed E-state index contributed by atoms with van der Waals surface area (Å²) in [6, 6.07) is 5.49. The van der Waals surface area contributed by atoms with Crippen LogP contribution in [0.25, 0.3) is 0 Å². The Labute approximate surface area is 117 Å². The van der Waals surface area contributed by atoms with Gasteiger partial charge in [0.05, 0.1) is 0 Å². The summed E-state index contributed by atoms with van der Waals surface area (Å²) < 4.78 is 0. The van der Waals surface area contributed by atoms with E-state index in [2.05, 4.69) is 12.2 Å². The summed E-state index contributed by atoms with van der Waals surface area (Å²) >= 11 is 0. The molecule has 1 aromatic carbocycles. The van der Waals surface area contributed by atoms with Gasteiger partial charge in [0, 0.05) is 6.04 Å². The van der Waals surface area contributed by atoms with Crippen LogP contribution in [-0.2, 0) is 4.79 Å². The van der Waals surface area contributed by atoms with E-state index < -0.39 is 6.04 Å². The van der Waals surface area contributed by atoms with E-state index in [0.717, 1.165) is 19.3 Å². The summed E-state index contributed by atoms with van der Waals surface area (Å²) in [4.78, 5) is 25.9. The van der Waals surface area contributed by atoms with Crippen LogP contribution in [0.1, 0.15) is 37.8 Å². The third-order valence-electron chi connectivity index (χ3n) is 4.21. The van der Waals surface area contributed by atoms with Gasteiger partial charge in [-0.3, -0.25) is 9.69 Å². The number of nitrogens with zero attached hydrogens (tertiary/aromatic N) is 1. The Morgan fingerprint density at radius 2 is 2.10 bits per heavy atom. The lowest BCUT2D eigenvalue weighted by Gasteiger charge is -2.20. The predicted molar refractivity (Wildman–Crippen MR) is 73.0 cm³/mol. The highest BCUT2D eigenvalue weighted by atomic mass is 16.3. The molecular formula is C15H18N2O3. The van der Waals surface area contributed by atoms with Crippen molar-refractivity contribution < 1.29 is 14.7 Å². The molecule has 2 N–H and O–H groups in total. The molecule has 1 saturated carbocycles. The number of hydrogen-bond donors (Lipinski definition) is 2. The fraction of sp³-hybridized carbons (Fsp3) is 0.467. The second-order valence-corrected chi connectivity index (χ2v) is 5.76. The van der Waals surface area contributed by atoms with E-state index >= 15 is 0 Å². The number of phenols is 1. The van der Waals surface area contributed by atoms with Crippen molar-refractivity contribution in [3.8, 4) is 5.75 Å². The standard InChI is InChI=1S/C15H18N2O3/c1-9-5-6-11(7-9)17-14(19)13(16-15(17)20)10-3-2-4-12(18)8-10/h2-4,8-9,11,13,18H,5-7H2,1H3,(H,16,20). The number of imide groups is 1. The second-order valence-electron chi connectivity index (χ2n) is 5.76. The monoisotopic (exact) mass is 274 g/mol. The van der Waals surface area contributed by atoms with Crippen LogP contribution in [0.2, 0.25) is 0 Å². The van der Waals surface area contributed by atoms with E-state index in [0.29, 0.717) is 11.5 Å². The maximum absolute atomic E-state index is 12.5. The summed E-state index contributed by atoms with van der Waals surface area (Å²) in [6.45, 7) is 2.14. The van der Waals surface area contributed by atoms with E-state index in [4.69, 9.17) is 0 Å². The lowest BCUT2D eigenvalue weighted by atomic mass is 10.1. The van der Waals surface area contributed by atoms with Crippen LogP contribution in [0, 0.1) is 5.92 Å². The first kappa shape index (κ1) is 13.0. The zero-order chi connectivity index (χ0) is 14.3. The van der Waals surface area contributed by atoms with Crippen LogP contribution in [0.4, 0.5) is 4.79 Å². The smallest absolute Gasteiger partial charge is 0.325 e. The lowest BCUT2D eigenvalue weighted by Crippen LogP contribution is -2.39. The van der Waals surface area contributed by atoms with Crippen molar-refractivity contribution in [2.45, 2.75) is 38.3 Å². The minimum absolute atomic E-state index is 0.0137. The molecule has 2 fully saturated rings. The van der Waals surface area contributed by atoms with Gasteiger partial charge in [-0.05, 0) is 42.9 Å². The molecule has 3 amide bonds. The Kier molecular flexibility index (Phi) is 3.12. The van der Waals surface area contributed by atoms with Crippen LogP contribution < -0.4 is 5.32 Å². The number of rotatable bonds is 2. The molecular weight excluding hydrogens is 256 g/mol. The van der Waals surface area contributed by atoms with Crippen LogP contribution in [0.3, 0.4) is 0 Å². The molecule has 1 saturated heterocycles. The van der Waals surface area contributed by atoms with Gasteiger partial charge in [0.15, 0.2) is 0 Å². The number of aromatic hydroxyl groups is 1. The molecule has 0 bridgehead atoms. The van der Waals surface area contributed by atoms with Crippen molar-refractivity contribution in [3.05, 3.63) is 29.8 Å². The lowest BCUT2D eigenvalue weighted by molar-refractivity contribution is -0.129. The minimum atomic E-state index is -0.675. The number of amides is 3. The summed E-state index contributed by atoms with van der Waals surface area (Å²) in [5.41, 5.74) is 0.622. The Morgan fingerprint density at radius 1 is 1.30 bits per heavy atom. The molecule has 3 unspecified atom stereocenters. The number of phenolic OH excluding ortho intramolecular Hbond substituents is 1. The van der Waals surface area contributed by atoms with Gasteiger partial charge >= 0.3 is 6.03 Å². The quantitative estimate of drug-likeness (QED) is 0.812. The van der Waals surface area contributed by atoms with Crippen LogP contribution in [-0.4, -0.2) is 28.0 Å². The normalized spacial score (nSPS) is 29.9. The molecule has 1 aromatic rings. The second kappa shape index (κ2) is 4.81. The SMILES string of the molecule is CC1CCC(N2C(=O)NC(c3cccc(O)c3)C2=O)C1. The van der Waals surface area contributed by atoms with Crippen LogP contribution in [0.15, 0.2) is 24.3 Å². The number of carbonyl (C=O) groups excluding carboxylic acids is 2. The first-order valence-electron chi connectivity index (χ1n) is 6.99. The van der Waals surface area contributed by atoms with Crippen LogP contribution >= 0.6 is 0 Å². The molecule has 0 aromatic heterocycles. The maximum atomic E-state index is 12.5. The number of carbonyl (C=O) groups is 2. The Bertz CT molecular complexity index is 558. The Morgan fingerprint density at radius 3 is 2.75 bits per heavy atom. The fourth-order valence-electron chi connectivity index (χ4n) is 3.18. The van der Waals surface area contributed by atoms with Crippen LogP contribution in [0.5, 0.6) is 5.75 Å². The molecule has 3 rings (SSSR count). The zero-order valence-corrected chi connectivity index (χ0v) is 11.4. The first-order chi connectivity index (χ1) is 9.56. The first-order valence-corrected chi connectivity index (χ1v) is 6.99. The van der Waals surface area contributed by atoms with Crippen molar-refractivity contribution in [1.29, 1.82) is 0 Å². The largest absolute Gasteiger partial charge is 0.508 e. The van der Waals surface area contributed by atoms with Crippen molar-refractivity contribution >= 4 is 11.9 Å². The highest BCUT2D eigenvalue weighted by molar-refractivity contribution is 6.05. The summed E-state index contributed by atoms with van der Waals surface area (Å²) in [5.74, 6) is 0.442. The zero-order valence-electron chi connectivity index (χ0n) is 11.4. The van der Waals surface area contributed by atoms with Gasteiger partial charge in [-0.1, -0.05) is 19.1 Å². The van der Waals surface area contributed by atoms with Crippen molar-refractivity contribution in [1.82, 2.24) is 10.2 Å². The fourth-order valence-corrected chi connectivity index (χ4v) is 3.18. The van der Waals surface area contributed by atoms with Gasteiger partial charge in [0.25, 0.3) is 5.91 Å². The summed E-state index contributed by atoms with van der Waals surface area (Å²) in [5, 5.41) is 12.2. The van der Waals surface area contributed by atoms with E-state index in [1.807, 2.05) is 0 Å². The number of nitrogens with one attached hydrogen (secondary N) is 1. The average molecular weight is 274 g/mol. The van der Waals surface area contributed by atoms with Gasteiger partial charge in [-0.25, -0.2) is 4.79 Å². The maximum Gasteiger partial charge on any atom is 0.325 e. The molecule has 1 aliphatic carbocycles. The molecule has 5 nitrogen and oxygen atoms in total. The van der Waals surface area contributed by atoms with E-state index in [9.17, 15) is 14.7 Å². The van der Waals surface area contributed by atoms with E-state index in [-0.39, 0.29) is 23.7 Å². The summed E-state index contributed by atoms with van der Waals surface area (Å²) in [6.07, 6.45) is 2.82. The van der Waals surface area contributed by atoms with Gasteiger partial charge in [-0.2, -0.15) is 0 Å². The highest BCUT2D eigenvalue weighted by Crippen LogP contribution is 2.33. The molecule has 1 heterocycles. The van der Waals surface area contributed by atoms with Gasteiger partial charge < -0.3 is 10.4 Å². The number of hydrogen-bond acceptors (Lipinski definition) is 3.